The first-order chi connectivity index (χ1) is 9.75. The maximum atomic E-state index is 11.9. The molecule has 0 atom stereocenters. The zero-order chi connectivity index (χ0) is 13.9. The summed E-state index contributed by atoms with van der Waals surface area (Å²) in [6, 6.07) is 5.78. The van der Waals surface area contributed by atoms with Crippen LogP contribution in [-0.2, 0) is 11.2 Å². The van der Waals surface area contributed by atoms with Gasteiger partial charge in [0, 0.05) is 37.8 Å². The third-order valence-electron chi connectivity index (χ3n) is 3.57. The molecule has 0 bridgehead atoms. The third kappa shape index (κ3) is 2.42. The molecule has 1 fully saturated rings. The predicted octanol–water partition coefficient (Wildman–Crippen LogP) is 0.308. The number of nitrogens with zero attached hydrogens (tertiary/aromatic N) is 3. The molecule has 1 amide bonds. The maximum Gasteiger partial charge on any atom is 0.246 e. The van der Waals surface area contributed by atoms with E-state index in [9.17, 15) is 4.79 Å². The molecule has 0 unspecified atom stereocenters. The SMILES string of the molecule is CC(C(=O)NCCc1nnc2ccccn12)=C1CNC1. The van der Waals surface area contributed by atoms with Gasteiger partial charge in [-0.05, 0) is 24.6 Å². The monoisotopic (exact) mass is 271 g/mol. The Morgan fingerprint density at radius 2 is 2.25 bits per heavy atom. The third-order valence-corrected chi connectivity index (χ3v) is 3.57. The quantitative estimate of drug-likeness (QED) is 0.785. The maximum absolute atomic E-state index is 11.9. The van der Waals surface area contributed by atoms with Gasteiger partial charge in [0.2, 0.25) is 5.91 Å². The highest BCUT2D eigenvalue weighted by atomic mass is 16.1. The van der Waals surface area contributed by atoms with Gasteiger partial charge in [-0.25, -0.2) is 0 Å². The van der Waals surface area contributed by atoms with Crippen molar-refractivity contribution >= 4 is 11.6 Å². The number of rotatable bonds is 4. The highest BCUT2D eigenvalue weighted by Crippen LogP contribution is 2.08. The molecule has 2 aromatic heterocycles. The van der Waals surface area contributed by atoms with Crippen LogP contribution in [0.2, 0.25) is 0 Å². The van der Waals surface area contributed by atoms with E-state index in [1.807, 2.05) is 35.7 Å². The van der Waals surface area contributed by atoms with E-state index in [0.717, 1.165) is 30.1 Å². The summed E-state index contributed by atoms with van der Waals surface area (Å²) in [5.74, 6) is 0.867. The summed E-state index contributed by atoms with van der Waals surface area (Å²) in [5, 5.41) is 14.3. The second kappa shape index (κ2) is 5.42. The highest BCUT2D eigenvalue weighted by Gasteiger charge is 2.15. The van der Waals surface area contributed by atoms with Crippen LogP contribution in [-0.4, -0.2) is 40.1 Å². The minimum Gasteiger partial charge on any atom is -0.352 e. The Morgan fingerprint density at radius 3 is 3.00 bits per heavy atom. The Labute approximate surface area is 116 Å². The Balaban J connectivity index is 1.59. The predicted molar refractivity (Wildman–Crippen MR) is 75.3 cm³/mol. The van der Waals surface area contributed by atoms with Crippen molar-refractivity contribution in [3.8, 4) is 0 Å². The van der Waals surface area contributed by atoms with Gasteiger partial charge >= 0.3 is 0 Å². The number of aromatic nitrogens is 3. The van der Waals surface area contributed by atoms with Gasteiger partial charge in [-0.1, -0.05) is 6.07 Å². The number of nitrogens with one attached hydrogen (secondary N) is 2. The van der Waals surface area contributed by atoms with Crippen LogP contribution in [0.3, 0.4) is 0 Å². The van der Waals surface area contributed by atoms with E-state index in [-0.39, 0.29) is 5.91 Å². The molecule has 0 radical (unpaired) electrons. The zero-order valence-electron chi connectivity index (χ0n) is 11.4. The Kier molecular flexibility index (Phi) is 3.47. The number of pyridine rings is 1. The molecule has 1 aliphatic rings. The van der Waals surface area contributed by atoms with Crippen LogP contribution in [0.5, 0.6) is 0 Å². The number of fused-ring (bicyclic) bond motifs is 1. The van der Waals surface area contributed by atoms with E-state index in [2.05, 4.69) is 20.8 Å². The molecule has 2 N–H and O–H groups in total. The van der Waals surface area contributed by atoms with Gasteiger partial charge in [0.25, 0.3) is 0 Å². The van der Waals surface area contributed by atoms with Crippen LogP contribution in [0.4, 0.5) is 0 Å². The molecular formula is C14H17N5O. The molecule has 2 aromatic rings. The zero-order valence-corrected chi connectivity index (χ0v) is 11.4. The van der Waals surface area contributed by atoms with Gasteiger partial charge in [-0.2, -0.15) is 0 Å². The lowest BCUT2D eigenvalue weighted by Gasteiger charge is -2.21. The molecule has 0 saturated carbocycles. The average Bonchev–Trinajstić information content (AvgIpc) is 2.80. The summed E-state index contributed by atoms with van der Waals surface area (Å²) in [5.41, 5.74) is 2.85. The van der Waals surface area contributed by atoms with Crippen molar-refractivity contribution in [1.29, 1.82) is 0 Å². The second-order valence-electron chi connectivity index (χ2n) is 4.88. The molecule has 6 nitrogen and oxygen atoms in total. The van der Waals surface area contributed by atoms with Crippen molar-refractivity contribution in [2.24, 2.45) is 0 Å². The number of hydrogen-bond acceptors (Lipinski definition) is 4. The van der Waals surface area contributed by atoms with Crippen molar-refractivity contribution in [3.05, 3.63) is 41.4 Å². The summed E-state index contributed by atoms with van der Waals surface area (Å²) in [4.78, 5) is 11.9. The van der Waals surface area contributed by atoms with Crippen molar-refractivity contribution in [2.45, 2.75) is 13.3 Å². The number of hydrogen-bond donors (Lipinski definition) is 2. The van der Waals surface area contributed by atoms with Crippen molar-refractivity contribution in [3.63, 3.8) is 0 Å². The minimum absolute atomic E-state index is 0.00956. The lowest BCUT2D eigenvalue weighted by atomic mass is 10.0. The smallest absolute Gasteiger partial charge is 0.246 e. The Bertz CT molecular complexity index is 667. The molecule has 20 heavy (non-hydrogen) atoms. The molecule has 6 heteroatoms. The number of carbonyl (C=O) groups is 1. The minimum atomic E-state index is 0.00956. The molecule has 0 aliphatic carbocycles. The summed E-state index contributed by atoms with van der Waals surface area (Å²) >= 11 is 0. The van der Waals surface area contributed by atoms with Crippen LogP contribution < -0.4 is 10.6 Å². The van der Waals surface area contributed by atoms with Gasteiger partial charge in [0.05, 0.1) is 0 Å². The molecule has 3 heterocycles. The second-order valence-corrected chi connectivity index (χ2v) is 4.88. The van der Waals surface area contributed by atoms with Crippen molar-refractivity contribution < 1.29 is 4.79 Å². The van der Waals surface area contributed by atoms with Gasteiger partial charge < -0.3 is 10.6 Å². The fourth-order valence-corrected chi connectivity index (χ4v) is 2.16. The van der Waals surface area contributed by atoms with E-state index in [1.54, 1.807) is 0 Å². The fraction of sp³-hybridized carbons (Fsp3) is 0.357. The van der Waals surface area contributed by atoms with Gasteiger partial charge in [-0.15, -0.1) is 10.2 Å². The molecule has 1 aliphatic heterocycles. The first kappa shape index (κ1) is 12.8. The lowest BCUT2D eigenvalue weighted by molar-refractivity contribution is -0.117. The molecule has 0 aromatic carbocycles. The van der Waals surface area contributed by atoms with E-state index in [0.29, 0.717) is 13.0 Å². The first-order valence-electron chi connectivity index (χ1n) is 6.72. The van der Waals surface area contributed by atoms with Gasteiger partial charge in [-0.3, -0.25) is 9.20 Å². The molecule has 0 spiro atoms. The van der Waals surface area contributed by atoms with Gasteiger partial charge in [0.15, 0.2) is 5.65 Å². The van der Waals surface area contributed by atoms with Gasteiger partial charge in [0.1, 0.15) is 5.82 Å². The molecule has 1 saturated heterocycles. The standard InChI is InChI=1S/C14H17N5O/c1-10(11-8-15-9-11)14(20)16-6-5-13-18-17-12-4-2-3-7-19(12)13/h2-4,7,15H,5-6,8-9H2,1H3,(H,16,20). The topological polar surface area (TPSA) is 71.3 Å². The van der Waals surface area contributed by atoms with Crippen molar-refractivity contribution in [1.82, 2.24) is 25.2 Å². The molecule has 104 valence electrons. The first-order valence-corrected chi connectivity index (χ1v) is 6.72. The van der Waals surface area contributed by atoms with E-state index < -0.39 is 0 Å². The van der Waals surface area contributed by atoms with Crippen LogP contribution in [0.1, 0.15) is 12.7 Å². The highest BCUT2D eigenvalue weighted by molar-refractivity contribution is 5.93. The Morgan fingerprint density at radius 1 is 1.40 bits per heavy atom. The number of amides is 1. The normalized spacial score (nSPS) is 14.2. The largest absolute Gasteiger partial charge is 0.352 e. The molecule has 3 rings (SSSR count). The Hall–Kier alpha value is -2.21. The van der Waals surface area contributed by atoms with Crippen LogP contribution >= 0.6 is 0 Å². The molecular weight excluding hydrogens is 254 g/mol. The van der Waals surface area contributed by atoms with E-state index >= 15 is 0 Å². The van der Waals surface area contributed by atoms with Crippen LogP contribution in [0.15, 0.2) is 35.5 Å². The van der Waals surface area contributed by atoms with E-state index in [1.165, 1.54) is 5.57 Å². The van der Waals surface area contributed by atoms with Crippen molar-refractivity contribution in [2.75, 3.05) is 19.6 Å². The average molecular weight is 271 g/mol. The lowest BCUT2D eigenvalue weighted by Crippen LogP contribution is -2.38. The fourth-order valence-electron chi connectivity index (χ4n) is 2.16. The van der Waals surface area contributed by atoms with E-state index in [4.69, 9.17) is 0 Å². The summed E-state index contributed by atoms with van der Waals surface area (Å²) in [6.07, 6.45) is 2.59. The summed E-state index contributed by atoms with van der Waals surface area (Å²) < 4.78 is 1.94. The summed E-state index contributed by atoms with van der Waals surface area (Å²) in [6.45, 7) is 4.09. The number of carbonyl (C=O) groups excluding carboxylic acids is 1. The van der Waals surface area contributed by atoms with Crippen LogP contribution in [0, 0.1) is 0 Å². The summed E-state index contributed by atoms with van der Waals surface area (Å²) in [7, 11) is 0. The van der Waals surface area contributed by atoms with Crippen LogP contribution in [0.25, 0.3) is 5.65 Å².